The van der Waals surface area contributed by atoms with Crippen LogP contribution >= 0.6 is 11.3 Å². The number of thiophene rings is 1. The van der Waals surface area contributed by atoms with Crippen LogP contribution < -0.4 is 9.80 Å². The molecule has 0 fully saturated rings. The van der Waals surface area contributed by atoms with Crippen LogP contribution in [0.4, 0.5) is 34.1 Å². The Hall–Kier alpha value is -6.94. The second-order valence-electron chi connectivity index (χ2n) is 13.8. The second-order valence-corrected chi connectivity index (χ2v) is 14.8. The predicted molar refractivity (Wildman–Crippen MR) is 237 cm³/mol. The first-order valence-corrected chi connectivity index (χ1v) is 19.5. The standard InChI is InChI=1S/C52H36N2S/c1-5-15-37(16-6-1)38-25-27-39(28-26-38)40-29-32-45(33-30-40)53(42-18-7-2-8-19-42)46-35-49-48-34-31-41-17-13-14-24-47(41)51(48)55-52(49)50(36-46)54(43-20-9-3-10-21-43)44-22-11-4-12-23-44/h1-36H. The Morgan fingerprint density at radius 2 is 0.727 bits per heavy atom. The Balaban J connectivity index is 1.17. The Morgan fingerprint density at radius 3 is 1.31 bits per heavy atom. The first-order valence-electron chi connectivity index (χ1n) is 18.7. The van der Waals surface area contributed by atoms with E-state index in [4.69, 9.17) is 0 Å². The number of hydrogen-bond acceptors (Lipinski definition) is 3. The lowest BCUT2D eigenvalue weighted by Crippen LogP contribution is -2.13. The number of fused-ring (bicyclic) bond motifs is 5. The third-order valence-corrected chi connectivity index (χ3v) is 11.7. The molecule has 3 heteroatoms. The molecule has 1 aromatic heterocycles. The molecule has 0 N–H and O–H groups in total. The highest BCUT2D eigenvalue weighted by molar-refractivity contribution is 7.27. The third-order valence-electron chi connectivity index (χ3n) is 10.4. The second kappa shape index (κ2) is 14.1. The zero-order chi connectivity index (χ0) is 36.6. The lowest BCUT2D eigenvalue weighted by atomic mass is 10.00. The van der Waals surface area contributed by atoms with E-state index >= 15 is 0 Å². The van der Waals surface area contributed by atoms with E-state index in [9.17, 15) is 0 Å². The van der Waals surface area contributed by atoms with Gasteiger partial charge in [-0.1, -0.05) is 158 Å². The summed E-state index contributed by atoms with van der Waals surface area (Å²) in [5.74, 6) is 0. The number of nitrogens with zero attached hydrogens (tertiary/aromatic N) is 2. The molecular formula is C52H36N2S. The highest BCUT2D eigenvalue weighted by Crippen LogP contribution is 2.50. The van der Waals surface area contributed by atoms with Gasteiger partial charge in [0.25, 0.3) is 0 Å². The first-order chi connectivity index (χ1) is 27.3. The van der Waals surface area contributed by atoms with Crippen LogP contribution in [0.15, 0.2) is 218 Å². The predicted octanol–water partition coefficient (Wildman–Crippen LogP) is 15.5. The molecule has 0 amide bonds. The monoisotopic (exact) mass is 720 g/mol. The summed E-state index contributed by atoms with van der Waals surface area (Å²) in [4.78, 5) is 4.80. The quantitative estimate of drug-likeness (QED) is 0.154. The molecule has 0 radical (unpaired) electrons. The normalized spacial score (nSPS) is 11.3. The molecule has 0 aliphatic rings. The molecule has 0 bridgehead atoms. The van der Waals surface area contributed by atoms with Crippen molar-refractivity contribution in [2.75, 3.05) is 9.80 Å². The number of benzene rings is 9. The number of anilines is 6. The Kier molecular flexibility index (Phi) is 8.40. The van der Waals surface area contributed by atoms with Crippen molar-refractivity contribution in [2.45, 2.75) is 0 Å². The lowest BCUT2D eigenvalue weighted by Gasteiger charge is -2.30. The smallest absolute Gasteiger partial charge is 0.0661 e. The topological polar surface area (TPSA) is 6.48 Å². The molecular weight excluding hydrogens is 685 g/mol. The van der Waals surface area contributed by atoms with Gasteiger partial charge in [0.2, 0.25) is 0 Å². The van der Waals surface area contributed by atoms with Crippen LogP contribution in [-0.2, 0) is 0 Å². The Bertz CT molecular complexity index is 2850. The van der Waals surface area contributed by atoms with Gasteiger partial charge >= 0.3 is 0 Å². The van der Waals surface area contributed by atoms with Crippen LogP contribution in [0.2, 0.25) is 0 Å². The molecule has 10 aromatic rings. The maximum atomic E-state index is 2.41. The van der Waals surface area contributed by atoms with Crippen molar-refractivity contribution in [1.29, 1.82) is 0 Å². The number of rotatable bonds is 8. The number of para-hydroxylation sites is 3. The molecule has 0 saturated carbocycles. The van der Waals surface area contributed by atoms with Gasteiger partial charge in [-0.15, -0.1) is 11.3 Å². The molecule has 0 saturated heterocycles. The van der Waals surface area contributed by atoms with Gasteiger partial charge in [-0.3, -0.25) is 0 Å². The van der Waals surface area contributed by atoms with Crippen molar-refractivity contribution >= 4 is 76.4 Å². The average Bonchev–Trinajstić information content (AvgIpc) is 3.65. The highest BCUT2D eigenvalue weighted by atomic mass is 32.1. The van der Waals surface area contributed by atoms with E-state index in [1.807, 2.05) is 11.3 Å². The average molecular weight is 721 g/mol. The van der Waals surface area contributed by atoms with E-state index in [0.29, 0.717) is 0 Å². The minimum absolute atomic E-state index is 1.09. The molecule has 0 spiro atoms. The third kappa shape index (κ3) is 6.11. The van der Waals surface area contributed by atoms with E-state index < -0.39 is 0 Å². The SMILES string of the molecule is c1ccc(-c2ccc(-c3ccc(N(c4ccccc4)c4cc(N(c5ccccc5)c5ccccc5)c5sc6c7ccccc7ccc6c5c4)cc3)cc2)cc1. The summed E-state index contributed by atoms with van der Waals surface area (Å²) in [5.41, 5.74) is 11.5. The molecule has 1 heterocycles. The minimum Gasteiger partial charge on any atom is -0.310 e. The van der Waals surface area contributed by atoms with Crippen LogP contribution in [0.3, 0.4) is 0 Å². The van der Waals surface area contributed by atoms with Crippen LogP contribution in [0.1, 0.15) is 0 Å². The summed E-state index contributed by atoms with van der Waals surface area (Å²) < 4.78 is 2.56. The summed E-state index contributed by atoms with van der Waals surface area (Å²) in [6.07, 6.45) is 0. The molecule has 0 atom stereocenters. The molecule has 0 unspecified atom stereocenters. The van der Waals surface area contributed by atoms with Crippen LogP contribution in [0.5, 0.6) is 0 Å². The van der Waals surface area contributed by atoms with Crippen molar-refractivity contribution < 1.29 is 0 Å². The summed E-state index contributed by atoms with van der Waals surface area (Å²) in [6.45, 7) is 0. The van der Waals surface area contributed by atoms with Gasteiger partial charge in [0, 0.05) is 43.9 Å². The zero-order valence-corrected chi connectivity index (χ0v) is 30.9. The maximum Gasteiger partial charge on any atom is 0.0661 e. The van der Waals surface area contributed by atoms with Crippen molar-refractivity contribution in [1.82, 2.24) is 0 Å². The van der Waals surface area contributed by atoms with Gasteiger partial charge in [0.15, 0.2) is 0 Å². The fourth-order valence-corrected chi connectivity index (χ4v) is 9.08. The van der Waals surface area contributed by atoms with E-state index in [1.165, 1.54) is 53.2 Å². The van der Waals surface area contributed by atoms with Gasteiger partial charge in [-0.25, -0.2) is 0 Å². The summed E-state index contributed by atoms with van der Waals surface area (Å²) >= 11 is 1.89. The Morgan fingerprint density at radius 1 is 0.273 bits per heavy atom. The fourth-order valence-electron chi connectivity index (χ4n) is 7.76. The van der Waals surface area contributed by atoms with Crippen LogP contribution in [0.25, 0.3) is 53.2 Å². The molecule has 260 valence electrons. The van der Waals surface area contributed by atoms with E-state index in [1.54, 1.807) is 0 Å². The van der Waals surface area contributed by atoms with E-state index in [2.05, 4.69) is 228 Å². The van der Waals surface area contributed by atoms with Crippen molar-refractivity contribution in [3.05, 3.63) is 218 Å². The first kappa shape index (κ1) is 32.7. The van der Waals surface area contributed by atoms with Gasteiger partial charge in [0.1, 0.15) is 0 Å². The summed E-state index contributed by atoms with van der Waals surface area (Å²) in [7, 11) is 0. The van der Waals surface area contributed by atoms with Crippen LogP contribution in [0, 0.1) is 0 Å². The van der Waals surface area contributed by atoms with Gasteiger partial charge in [0.05, 0.1) is 10.4 Å². The molecule has 10 rings (SSSR count). The zero-order valence-electron chi connectivity index (χ0n) is 30.1. The van der Waals surface area contributed by atoms with Crippen molar-refractivity contribution in [3.63, 3.8) is 0 Å². The van der Waals surface area contributed by atoms with Gasteiger partial charge < -0.3 is 9.80 Å². The van der Waals surface area contributed by atoms with Gasteiger partial charge in [-0.05, 0) is 93.7 Å². The molecule has 9 aromatic carbocycles. The van der Waals surface area contributed by atoms with Crippen molar-refractivity contribution in [3.8, 4) is 22.3 Å². The fraction of sp³-hybridized carbons (Fsp3) is 0. The van der Waals surface area contributed by atoms with Crippen LogP contribution in [-0.4, -0.2) is 0 Å². The highest BCUT2D eigenvalue weighted by Gasteiger charge is 2.23. The summed E-state index contributed by atoms with van der Waals surface area (Å²) in [5, 5.41) is 5.05. The molecule has 0 aliphatic heterocycles. The Labute approximate surface area is 325 Å². The largest absolute Gasteiger partial charge is 0.310 e. The molecule has 55 heavy (non-hydrogen) atoms. The number of hydrogen-bond donors (Lipinski definition) is 0. The van der Waals surface area contributed by atoms with Gasteiger partial charge in [-0.2, -0.15) is 0 Å². The molecule has 0 aliphatic carbocycles. The van der Waals surface area contributed by atoms with E-state index in [-0.39, 0.29) is 0 Å². The van der Waals surface area contributed by atoms with E-state index in [0.717, 1.165) is 34.1 Å². The minimum atomic E-state index is 1.09. The summed E-state index contributed by atoms with van der Waals surface area (Å²) in [6, 6.07) is 78.7. The van der Waals surface area contributed by atoms with Crippen molar-refractivity contribution in [2.24, 2.45) is 0 Å². The lowest BCUT2D eigenvalue weighted by molar-refractivity contribution is 1.26. The molecule has 2 nitrogen and oxygen atoms in total. The maximum absolute atomic E-state index is 2.41.